The molecule has 0 saturated heterocycles. The van der Waals surface area contributed by atoms with Crippen molar-refractivity contribution in [1.29, 1.82) is 0 Å². The molecule has 0 aliphatic heterocycles. The van der Waals surface area contributed by atoms with Crippen LogP contribution in [0, 0.1) is 16.9 Å². The van der Waals surface area contributed by atoms with E-state index in [0.29, 0.717) is 5.92 Å². The molecule has 6 heteroatoms. The third-order valence-electron chi connectivity index (χ3n) is 7.71. The van der Waals surface area contributed by atoms with Crippen molar-refractivity contribution in [2.24, 2.45) is 10.8 Å². The van der Waals surface area contributed by atoms with E-state index in [0.717, 1.165) is 16.6 Å². The van der Waals surface area contributed by atoms with Crippen LogP contribution in [0.25, 0.3) is 42.2 Å². The van der Waals surface area contributed by atoms with E-state index in [1.807, 2.05) is 59.1 Å². The van der Waals surface area contributed by atoms with Gasteiger partial charge in [-0.3, -0.25) is 9.78 Å². The molecule has 3 nitrogen and oxygen atoms in total. The third-order valence-corrected chi connectivity index (χ3v) is 10.9. The van der Waals surface area contributed by atoms with Gasteiger partial charge in [-0.15, -0.1) is 40.5 Å². The zero-order chi connectivity index (χ0) is 31.9. The van der Waals surface area contributed by atoms with Gasteiger partial charge in [0.2, 0.25) is 0 Å². The molecule has 2 heterocycles. The van der Waals surface area contributed by atoms with Crippen molar-refractivity contribution >= 4 is 61.3 Å². The molecule has 0 saturated carbocycles. The second kappa shape index (κ2) is 13.4. The van der Waals surface area contributed by atoms with Crippen LogP contribution in [-0.4, -0.2) is 23.9 Å². The number of pyridine rings is 1. The molecule has 0 bridgehead atoms. The van der Waals surface area contributed by atoms with Gasteiger partial charge < -0.3 is 5.11 Å². The fraction of sp³-hybridized carbons (Fsp3) is 0.368. The van der Waals surface area contributed by atoms with E-state index in [1.54, 1.807) is 0 Å². The molecule has 1 N–H and O–H groups in total. The van der Waals surface area contributed by atoms with Crippen LogP contribution in [0.1, 0.15) is 66.9 Å². The van der Waals surface area contributed by atoms with Crippen molar-refractivity contribution in [2.45, 2.75) is 80.9 Å². The number of aliphatic hydroxyl groups is 1. The van der Waals surface area contributed by atoms with Gasteiger partial charge in [-0.2, -0.15) is 0 Å². The Morgan fingerprint density at radius 1 is 0.909 bits per heavy atom. The van der Waals surface area contributed by atoms with Crippen molar-refractivity contribution in [1.82, 2.24) is 4.98 Å². The molecule has 5 aromatic rings. The number of fused-ring (bicyclic) bond motifs is 4. The number of aliphatic hydroxyl groups excluding tert-OH is 1. The second-order valence-corrected chi connectivity index (χ2v) is 21.0. The van der Waals surface area contributed by atoms with Crippen LogP contribution < -0.4 is 5.19 Å². The van der Waals surface area contributed by atoms with E-state index in [2.05, 4.69) is 94.2 Å². The molecule has 0 spiro atoms. The molecule has 3 aromatic carbocycles. The zero-order valence-electron chi connectivity index (χ0n) is 28.0. The van der Waals surface area contributed by atoms with Crippen LogP contribution in [0.4, 0.5) is 0 Å². The van der Waals surface area contributed by atoms with E-state index >= 15 is 0 Å². The molecule has 5 rings (SSSR count). The van der Waals surface area contributed by atoms with Crippen molar-refractivity contribution in [2.75, 3.05) is 0 Å². The third kappa shape index (κ3) is 7.95. The first-order valence-electron chi connectivity index (χ1n) is 15.1. The van der Waals surface area contributed by atoms with E-state index in [1.165, 1.54) is 42.4 Å². The van der Waals surface area contributed by atoms with Crippen LogP contribution in [0.15, 0.2) is 72.6 Å². The molecule has 0 fully saturated rings. The molecule has 235 valence electrons. The monoisotopic (exact) mass is 801 g/mol. The van der Waals surface area contributed by atoms with Crippen LogP contribution >= 0.6 is 11.3 Å². The number of ketones is 1. The maximum atomic E-state index is 11.5. The summed E-state index contributed by atoms with van der Waals surface area (Å²) in [5.74, 6) is 0.549. The number of rotatable bonds is 4. The molecular formula is C38H46IrNO2SSi-. The second-order valence-electron chi connectivity index (χ2n) is 14.8. The fourth-order valence-electron chi connectivity index (χ4n) is 4.81. The number of allylic oxidation sites excluding steroid dienone is 2. The Hall–Kier alpha value is -2.63. The summed E-state index contributed by atoms with van der Waals surface area (Å²) < 4.78 is 2.67. The molecule has 1 radical (unpaired) electrons. The summed E-state index contributed by atoms with van der Waals surface area (Å²) in [4.78, 5) is 16.3. The number of thiophene rings is 1. The van der Waals surface area contributed by atoms with E-state index in [4.69, 9.17) is 4.98 Å². The van der Waals surface area contributed by atoms with Gasteiger partial charge in [-0.1, -0.05) is 121 Å². The first-order valence-corrected chi connectivity index (χ1v) is 19.4. The van der Waals surface area contributed by atoms with Gasteiger partial charge in [-0.05, 0) is 28.8 Å². The normalized spacial score (nSPS) is 12.8. The largest absolute Gasteiger partial charge is 0.512 e. The minimum atomic E-state index is -1.34. The number of hydrogen-bond donors (Lipinski definition) is 1. The number of carbonyl (C=O) groups excluding carboxylic acids is 1. The summed E-state index contributed by atoms with van der Waals surface area (Å²) >= 11 is 1.88. The minimum Gasteiger partial charge on any atom is -0.512 e. The summed E-state index contributed by atoms with van der Waals surface area (Å²) in [6, 6.07) is 23.8. The van der Waals surface area contributed by atoms with Gasteiger partial charge in [0.1, 0.15) is 5.76 Å². The van der Waals surface area contributed by atoms with Crippen LogP contribution in [0.5, 0.6) is 0 Å². The number of benzene rings is 3. The summed E-state index contributed by atoms with van der Waals surface area (Å²) in [5, 5.41) is 16.1. The SMILES string of the molecule is CC(C)(C)C(=O)/C=C(\O)C(C)(C)C.CC(C)c1cc(-c2nccc3sc4cc([Si](C)(C)C)ccc4c23)[c-]c2ccccc12.[Ir]. The summed E-state index contributed by atoms with van der Waals surface area (Å²) in [7, 11) is -1.34. The Kier molecular flexibility index (Phi) is 10.9. The molecule has 0 atom stereocenters. The van der Waals surface area contributed by atoms with Gasteiger partial charge >= 0.3 is 0 Å². The van der Waals surface area contributed by atoms with Gasteiger partial charge in [-0.25, -0.2) is 0 Å². The quantitative estimate of drug-likeness (QED) is 0.0852. The van der Waals surface area contributed by atoms with E-state index < -0.39 is 13.5 Å². The maximum absolute atomic E-state index is 11.5. The maximum Gasteiger partial charge on any atom is 0.164 e. The van der Waals surface area contributed by atoms with Gasteiger partial charge in [0, 0.05) is 58.3 Å². The van der Waals surface area contributed by atoms with Crippen molar-refractivity contribution < 1.29 is 30.0 Å². The van der Waals surface area contributed by atoms with Crippen molar-refractivity contribution in [3.8, 4) is 11.3 Å². The molecule has 44 heavy (non-hydrogen) atoms. The van der Waals surface area contributed by atoms with Gasteiger partial charge in [0.05, 0.1) is 8.07 Å². The smallest absolute Gasteiger partial charge is 0.164 e. The number of hydrogen-bond acceptors (Lipinski definition) is 4. The van der Waals surface area contributed by atoms with E-state index in [9.17, 15) is 9.90 Å². The average Bonchev–Trinajstić information content (AvgIpc) is 3.29. The summed E-state index contributed by atoms with van der Waals surface area (Å²) in [6.45, 7) is 22.9. The van der Waals surface area contributed by atoms with Gasteiger partial charge in [0.25, 0.3) is 0 Å². The topological polar surface area (TPSA) is 50.2 Å². The molecular weight excluding hydrogens is 755 g/mol. The zero-order valence-corrected chi connectivity index (χ0v) is 32.2. The minimum absolute atomic E-state index is 0. The van der Waals surface area contributed by atoms with Crippen LogP contribution in [0.3, 0.4) is 0 Å². The predicted molar refractivity (Wildman–Crippen MR) is 191 cm³/mol. The van der Waals surface area contributed by atoms with Gasteiger partial charge in [0.15, 0.2) is 5.78 Å². The van der Waals surface area contributed by atoms with Crippen LogP contribution in [0.2, 0.25) is 19.6 Å². The average molecular weight is 801 g/mol. The molecule has 0 aliphatic carbocycles. The molecule has 0 unspecified atom stereocenters. The Labute approximate surface area is 282 Å². The fourth-order valence-corrected chi connectivity index (χ4v) is 7.22. The number of carbonyl (C=O) groups is 1. The Morgan fingerprint density at radius 2 is 1.57 bits per heavy atom. The first kappa shape index (κ1) is 35.8. The molecule has 2 aromatic heterocycles. The van der Waals surface area contributed by atoms with Crippen LogP contribution in [-0.2, 0) is 24.9 Å². The Bertz CT molecular complexity index is 1830. The van der Waals surface area contributed by atoms with Crippen molar-refractivity contribution in [3.05, 3.63) is 84.3 Å². The standard InChI is InChI=1S/C27H26NSSi.C11H20O2.Ir/c1-17(2)23-15-19(14-18-8-6-7-9-21(18)23)27-26-22-11-10-20(30(3,4)5)16-25(22)29-24(26)12-13-28-27;1-10(2,3)8(12)7-9(13)11(4,5)6;/h6-13,15-17H,1-5H3;7,12H,1-6H3;/q-1;;/b;8-7-;. The summed E-state index contributed by atoms with van der Waals surface area (Å²) in [6.07, 6.45) is 3.28. The molecule has 0 amide bonds. The summed E-state index contributed by atoms with van der Waals surface area (Å²) in [5.41, 5.74) is 2.74. The Balaban J connectivity index is 0.000000324. The van der Waals surface area contributed by atoms with E-state index in [-0.39, 0.29) is 37.1 Å². The van der Waals surface area contributed by atoms with Crippen molar-refractivity contribution in [3.63, 3.8) is 0 Å². The number of aromatic nitrogens is 1. The first-order chi connectivity index (χ1) is 19.9. The Morgan fingerprint density at radius 3 is 2.16 bits per heavy atom. The molecule has 0 aliphatic rings. The number of nitrogens with zero attached hydrogens (tertiary/aromatic N) is 1. The predicted octanol–water partition coefficient (Wildman–Crippen LogP) is 10.8.